The second-order valence-corrected chi connectivity index (χ2v) is 4.41. The van der Waals surface area contributed by atoms with Crippen molar-refractivity contribution < 1.29 is 4.74 Å². The first-order valence-electron chi connectivity index (χ1n) is 6.28. The van der Waals surface area contributed by atoms with Gasteiger partial charge in [-0.15, -0.1) is 0 Å². The summed E-state index contributed by atoms with van der Waals surface area (Å²) in [5.74, 6) is 1.10. The molecule has 2 rings (SSSR count). The van der Waals surface area contributed by atoms with Crippen LogP contribution in [0.25, 0.3) is 0 Å². The topological polar surface area (TPSA) is 21.3 Å². The van der Waals surface area contributed by atoms with Gasteiger partial charge in [0.1, 0.15) is 5.75 Å². The average molecular weight is 219 g/mol. The number of hydrogen-bond donors (Lipinski definition) is 1. The maximum atomic E-state index is 5.82. The number of hydrogen-bond acceptors (Lipinski definition) is 2. The van der Waals surface area contributed by atoms with E-state index >= 15 is 0 Å². The molecule has 1 aliphatic rings. The first-order chi connectivity index (χ1) is 7.86. The van der Waals surface area contributed by atoms with Crippen molar-refractivity contribution in [2.75, 3.05) is 13.7 Å². The summed E-state index contributed by atoms with van der Waals surface area (Å²) in [7, 11) is 2.04. The summed E-state index contributed by atoms with van der Waals surface area (Å²) in [6.07, 6.45) is 4.72. The summed E-state index contributed by atoms with van der Waals surface area (Å²) in [4.78, 5) is 0. The van der Waals surface area contributed by atoms with Gasteiger partial charge in [-0.05, 0) is 49.9 Å². The number of rotatable bonds is 4. The molecule has 1 atom stereocenters. The molecule has 0 bridgehead atoms. The Labute approximate surface area is 98.0 Å². The molecule has 2 nitrogen and oxygen atoms in total. The summed E-state index contributed by atoms with van der Waals surface area (Å²) in [6, 6.07) is 6.95. The second kappa shape index (κ2) is 5.35. The monoisotopic (exact) mass is 219 g/mol. The van der Waals surface area contributed by atoms with Crippen molar-refractivity contribution in [3.8, 4) is 5.75 Å². The van der Waals surface area contributed by atoms with Gasteiger partial charge in [0, 0.05) is 6.04 Å². The van der Waals surface area contributed by atoms with Crippen molar-refractivity contribution in [3.63, 3.8) is 0 Å². The number of nitrogens with one attached hydrogen (secondary N) is 1. The van der Waals surface area contributed by atoms with E-state index in [1.807, 2.05) is 7.05 Å². The number of benzene rings is 1. The molecule has 0 amide bonds. The van der Waals surface area contributed by atoms with Crippen LogP contribution in [0.5, 0.6) is 5.75 Å². The van der Waals surface area contributed by atoms with Crippen LogP contribution in [0, 0.1) is 0 Å². The lowest BCUT2D eigenvalue weighted by atomic mass is 9.87. The minimum atomic E-state index is 0.508. The van der Waals surface area contributed by atoms with E-state index in [1.54, 1.807) is 0 Å². The van der Waals surface area contributed by atoms with E-state index in [0.717, 1.165) is 25.2 Å². The van der Waals surface area contributed by atoms with Gasteiger partial charge in [0.2, 0.25) is 0 Å². The van der Waals surface area contributed by atoms with Crippen LogP contribution in [0.3, 0.4) is 0 Å². The highest BCUT2D eigenvalue weighted by molar-refractivity contribution is 5.43. The minimum Gasteiger partial charge on any atom is -0.493 e. The van der Waals surface area contributed by atoms with Crippen LogP contribution in [-0.4, -0.2) is 13.7 Å². The van der Waals surface area contributed by atoms with Crippen molar-refractivity contribution in [1.82, 2.24) is 5.32 Å². The normalized spacial score (nSPS) is 19.2. The summed E-state index contributed by atoms with van der Waals surface area (Å²) < 4.78 is 5.82. The van der Waals surface area contributed by atoms with Gasteiger partial charge < -0.3 is 10.1 Å². The van der Waals surface area contributed by atoms with Crippen molar-refractivity contribution >= 4 is 0 Å². The molecule has 0 saturated heterocycles. The Hall–Kier alpha value is -1.02. The standard InChI is InChI=1S/C14H21NO/c1-3-10-16-14-9-5-6-11-12(14)7-4-8-13(11)15-2/h5-6,9,13,15H,3-4,7-8,10H2,1-2H3. The van der Waals surface area contributed by atoms with E-state index in [-0.39, 0.29) is 0 Å². The van der Waals surface area contributed by atoms with Gasteiger partial charge in [-0.2, -0.15) is 0 Å². The van der Waals surface area contributed by atoms with Crippen LogP contribution >= 0.6 is 0 Å². The Bertz CT molecular complexity index is 349. The maximum Gasteiger partial charge on any atom is 0.122 e. The molecule has 1 aromatic rings. The van der Waals surface area contributed by atoms with Gasteiger partial charge >= 0.3 is 0 Å². The molecule has 1 N–H and O–H groups in total. The molecule has 1 aromatic carbocycles. The lowest BCUT2D eigenvalue weighted by Crippen LogP contribution is -2.22. The molecule has 0 radical (unpaired) electrons. The molecule has 0 spiro atoms. The Morgan fingerprint density at radius 1 is 1.44 bits per heavy atom. The van der Waals surface area contributed by atoms with Crippen molar-refractivity contribution in [1.29, 1.82) is 0 Å². The van der Waals surface area contributed by atoms with Crippen molar-refractivity contribution in [2.45, 2.75) is 38.6 Å². The quantitative estimate of drug-likeness (QED) is 0.840. The van der Waals surface area contributed by atoms with E-state index in [9.17, 15) is 0 Å². The molecule has 0 heterocycles. The molecule has 2 heteroatoms. The SMILES string of the molecule is CCCOc1cccc2c1CCCC2NC. The van der Waals surface area contributed by atoms with Gasteiger partial charge in [-0.25, -0.2) is 0 Å². The molecule has 1 aliphatic carbocycles. The third-order valence-electron chi connectivity index (χ3n) is 3.27. The maximum absolute atomic E-state index is 5.82. The molecular weight excluding hydrogens is 198 g/mol. The zero-order valence-electron chi connectivity index (χ0n) is 10.3. The minimum absolute atomic E-state index is 0.508. The lowest BCUT2D eigenvalue weighted by Gasteiger charge is -2.26. The number of ether oxygens (including phenoxy) is 1. The van der Waals surface area contributed by atoms with Crippen molar-refractivity contribution in [2.24, 2.45) is 0 Å². The fourth-order valence-electron chi connectivity index (χ4n) is 2.46. The van der Waals surface area contributed by atoms with Crippen LogP contribution in [0.15, 0.2) is 18.2 Å². The summed E-state index contributed by atoms with van der Waals surface area (Å²) in [6.45, 7) is 2.96. The smallest absolute Gasteiger partial charge is 0.122 e. The van der Waals surface area contributed by atoms with E-state index < -0.39 is 0 Å². The van der Waals surface area contributed by atoms with Gasteiger partial charge in [-0.1, -0.05) is 19.1 Å². The summed E-state index contributed by atoms with van der Waals surface area (Å²) in [5.41, 5.74) is 2.85. The van der Waals surface area contributed by atoms with Gasteiger partial charge in [-0.3, -0.25) is 0 Å². The molecule has 88 valence electrons. The van der Waals surface area contributed by atoms with Gasteiger partial charge in [0.05, 0.1) is 6.61 Å². The Kier molecular flexibility index (Phi) is 3.83. The van der Waals surface area contributed by atoms with E-state index in [1.165, 1.54) is 24.0 Å². The third-order valence-corrected chi connectivity index (χ3v) is 3.27. The largest absolute Gasteiger partial charge is 0.493 e. The van der Waals surface area contributed by atoms with E-state index in [2.05, 4.69) is 30.4 Å². The third kappa shape index (κ3) is 2.22. The van der Waals surface area contributed by atoms with Crippen LogP contribution in [0.1, 0.15) is 43.4 Å². The highest BCUT2D eigenvalue weighted by atomic mass is 16.5. The van der Waals surface area contributed by atoms with Crippen LogP contribution < -0.4 is 10.1 Å². The lowest BCUT2D eigenvalue weighted by molar-refractivity contribution is 0.311. The predicted molar refractivity (Wildman–Crippen MR) is 67.0 cm³/mol. The zero-order valence-corrected chi connectivity index (χ0v) is 10.3. The van der Waals surface area contributed by atoms with Crippen LogP contribution in [0.2, 0.25) is 0 Å². The highest BCUT2D eigenvalue weighted by Crippen LogP contribution is 2.35. The molecule has 0 saturated carbocycles. The first kappa shape index (κ1) is 11.5. The second-order valence-electron chi connectivity index (χ2n) is 4.41. The average Bonchev–Trinajstić information content (AvgIpc) is 2.35. The van der Waals surface area contributed by atoms with Gasteiger partial charge in [0.25, 0.3) is 0 Å². The van der Waals surface area contributed by atoms with E-state index in [4.69, 9.17) is 4.74 Å². The molecule has 0 aliphatic heterocycles. The fourth-order valence-corrected chi connectivity index (χ4v) is 2.46. The summed E-state index contributed by atoms with van der Waals surface area (Å²) >= 11 is 0. The molecule has 16 heavy (non-hydrogen) atoms. The van der Waals surface area contributed by atoms with E-state index in [0.29, 0.717) is 6.04 Å². The van der Waals surface area contributed by atoms with Crippen LogP contribution in [-0.2, 0) is 6.42 Å². The predicted octanol–water partition coefficient (Wildman–Crippen LogP) is 3.07. The van der Waals surface area contributed by atoms with Gasteiger partial charge in [0.15, 0.2) is 0 Å². The Morgan fingerprint density at radius 3 is 3.06 bits per heavy atom. The Morgan fingerprint density at radius 2 is 2.31 bits per heavy atom. The van der Waals surface area contributed by atoms with Crippen LogP contribution in [0.4, 0.5) is 0 Å². The molecular formula is C14H21NO. The molecule has 0 fully saturated rings. The molecule has 1 unspecified atom stereocenters. The number of fused-ring (bicyclic) bond motifs is 1. The van der Waals surface area contributed by atoms with Crippen molar-refractivity contribution in [3.05, 3.63) is 29.3 Å². The highest BCUT2D eigenvalue weighted by Gasteiger charge is 2.21. The molecule has 0 aromatic heterocycles. The zero-order chi connectivity index (χ0) is 11.4. The summed E-state index contributed by atoms with van der Waals surface area (Å²) in [5, 5.41) is 3.39. The fraction of sp³-hybridized carbons (Fsp3) is 0.571. The Balaban J connectivity index is 2.27. The first-order valence-corrected chi connectivity index (χ1v) is 6.28.